The van der Waals surface area contributed by atoms with Crippen molar-refractivity contribution in [1.29, 1.82) is 0 Å². The van der Waals surface area contributed by atoms with Crippen LogP contribution in [-0.4, -0.2) is 74.0 Å². The van der Waals surface area contributed by atoms with Gasteiger partial charge in [-0.3, -0.25) is 9.69 Å². The summed E-state index contributed by atoms with van der Waals surface area (Å²) in [5.74, 6) is 1.69. The Hall–Kier alpha value is -1.38. The standard InChI is InChI=1S/C18H28N2O5S/c1-3-4-9-24-11-18(21)20-8-7-19(10-15-6-5-14(2)25-15)16-12-26(22,23)13-17(16)20/h5-6,16-17H,3-4,7-13H2,1-2H3. The van der Waals surface area contributed by atoms with Crippen LogP contribution in [-0.2, 0) is 25.9 Å². The van der Waals surface area contributed by atoms with Crippen LogP contribution in [0.2, 0.25) is 0 Å². The van der Waals surface area contributed by atoms with Gasteiger partial charge in [-0.05, 0) is 25.5 Å². The number of carbonyl (C=O) groups excluding carboxylic acids is 1. The van der Waals surface area contributed by atoms with Crippen molar-refractivity contribution < 1.29 is 22.4 Å². The lowest BCUT2D eigenvalue weighted by atomic mass is 10.0. The van der Waals surface area contributed by atoms with Crippen LogP contribution in [0.25, 0.3) is 0 Å². The molecular formula is C18H28N2O5S. The lowest BCUT2D eigenvalue weighted by Gasteiger charge is -2.43. The molecule has 2 saturated heterocycles. The van der Waals surface area contributed by atoms with Gasteiger partial charge < -0.3 is 14.1 Å². The van der Waals surface area contributed by atoms with Crippen molar-refractivity contribution in [2.75, 3.05) is 37.8 Å². The van der Waals surface area contributed by atoms with E-state index in [4.69, 9.17) is 9.15 Å². The van der Waals surface area contributed by atoms with E-state index < -0.39 is 9.84 Å². The van der Waals surface area contributed by atoms with Crippen LogP contribution in [0.3, 0.4) is 0 Å². The summed E-state index contributed by atoms with van der Waals surface area (Å²) in [6.45, 7) is 6.27. The molecule has 146 valence electrons. The van der Waals surface area contributed by atoms with Crippen molar-refractivity contribution in [1.82, 2.24) is 9.80 Å². The second kappa shape index (κ2) is 8.10. The van der Waals surface area contributed by atoms with E-state index in [-0.39, 0.29) is 36.1 Å². The second-order valence-electron chi connectivity index (χ2n) is 7.19. The largest absolute Gasteiger partial charge is 0.465 e. The Morgan fingerprint density at radius 2 is 2.04 bits per heavy atom. The van der Waals surface area contributed by atoms with Gasteiger partial charge in [0.15, 0.2) is 9.84 Å². The first-order valence-corrected chi connectivity index (χ1v) is 11.1. The van der Waals surface area contributed by atoms with Gasteiger partial charge in [0, 0.05) is 25.7 Å². The van der Waals surface area contributed by atoms with E-state index in [2.05, 4.69) is 11.8 Å². The number of hydrogen-bond acceptors (Lipinski definition) is 6. The zero-order chi connectivity index (χ0) is 18.7. The average molecular weight is 384 g/mol. The number of piperazine rings is 1. The molecule has 2 atom stereocenters. The number of amides is 1. The van der Waals surface area contributed by atoms with Gasteiger partial charge in [0.05, 0.1) is 24.1 Å². The molecule has 2 aliphatic rings. The Balaban J connectivity index is 1.67. The molecule has 1 amide bonds. The Labute approximate surface area is 155 Å². The van der Waals surface area contributed by atoms with E-state index in [9.17, 15) is 13.2 Å². The SMILES string of the molecule is CCCCOCC(=O)N1CCN(Cc2ccc(C)o2)C2CS(=O)(=O)CC21. The fourth-order valence-corrected chi connectivity index (χ4v) is 5.80. The summed E-state index contributed by atoms with van der Waals surface area (Å²) < 4.78 is 35.6. The van der Waals surface area contributed by atoms with Gasteiger partial charge in [-0.15, -0.1) is 0 Å². The Bertz CT molecular complexity index is 730. The molecule has 0 saturated carbocycles. The van der Waals surface area contributed by atoms with E-state index in [1.807, 2.05) is 19.1 Å². The van der Waals surface area contributed by atoms with E-state index in [1.54, 1.807) is 4.90 Å². The van der Waals surface area contributed by atoms with Crippen molar-refractivity contribution in [3.8, 4) is 0 Å². The minimum atomic E-state index is -3.15. The van der Waals surface area contributed by atoms with E-state index in [0.717, 1.165) is 24.4 Å². The first-order valence-electron chi connectivity index (χ1n) is 9.26. The van der Waals surface area contributed by atoms with Gasteiger partial charge in [-0.1, -0.05) is 13.3 Å². The van der Waals surface area contributed by atoms with Crippen molar-refractivity contribution >= 4 is 15.7 Å². The zero-order valence-corrected chi connectivity index (χ0v) is 16.3. The predicted octanol–water partition coefficient (Wildman–Crippen LogP) is 1.21. The molecule has 3 rings (SSSR count). The van der Waals surface area contributed by atoms with Gasteiger partial charge in [0.1, 0.15) is 18.1 Å². The molecule has 2 unspecified atom stereocenters. The minimum absolute atomic E-state index is 0.0284. The molecule has 1 aromatic rings. The summed E-state index contributed by atoms with van der Waals surface area (Å²) >= 11 is 0. The highest BCUT2D eigenvalue weighted by Crippen LogP contribution is 2.28. The number of hydrogen-bond donors (Lipinski definition) is 0. The number of fused-ring (bicyclic) bond motifs is 1. The predicted molar refractivity (Wildman–Crippen MR) is 97.5 cm³/mol. The number of unbranched alkanes of at least 4 members (excludes halogenated alkanes) is 1. The number of aryl methyl sites for hydroxylation is 1. The molecule has 2 fully saturated rings. The smallest absolute Gasteiger partial charge is 0.248 e. The van der Waals surface area contributed by atoms with Crippen LogP contribution in [0.4, 0.5) is 0 Å². The maximum Gasteiger partial charge on any atom is 0.248 e. The molecule has 0 aliphatic carbocycles. The molecule has 7 nitrogen and oxygen atoms in total. The number of rotatable bonds is 7. The van der Waals surface area contributed by atoms with Crippen molar-refractivity contribution in [2.45, 2.75) is 45.3 Å². The summed E-state index contributed by atoms with van der Waals surface area (Å²) in [5, 5.41) is 0. The highest BCUT2D eigenvalue weighted by atomic mass is 32.2. The third-order valence-electron chi connectivity index (χ3n) is 5.13. The molecule has 2 aliphatic heterocycles. The highest BCUT2D eigenvalue weighted by molar-refractivity contribution is 7.91. The zero-order valence-electron chi connectivity index (χ0n) is 15.5. The third kappa shape index (κ3) is 4.47. The van der Waals surface area contributed by atoms with Crippen LogP contribution >= 0.6 is 0 Å². The number of carbonyl (C=O) groups is 1. The average Bonchev–Trinajstić information content (AvgIpc) is 3.13. The van der Waals surface area contributed by atoms with E-state index in [0.29, 0.717) is 26.2 Å². The molecule has 8 heteroatoms. The van der Waals surface area contributed by atoms with Crippen LogP contribution < -0.4 is 0 Å². The number of ether oxygens (including phenoxy) is 1. The summed E-state index contributed by atoms with van der Waals surface area (Å²) in [7, 11) is -3.15. The van der Waals surface area contributed by atoms with Gasteiger partial charge >= 0.3 is 0 Å². The van der Waals surface area contributed by atoms with Crippen molar-refractivity contribution in [3.05, 3.63) is 23.7 Å². The fraction of sp³-hybridized carbons (Fsp3) is 0.722. The molecule has 0 N–H and O–H groups in total. The first-order chi connectivity index (χ1) is 12.4. The van der Waals surface area contributed by atoms with E-state index >= 15 is 0 Å². The van der Waals surface area contributed by atoms with Gasteiger partial charge in [0.25, 0.3) is 0 Å². The summed E-state index contributed by atoms with van der Waals surface area (Å²) in [6.07, 6.45) is 1.94. The number of sulfone groups is 1. The molecule has 3 heterocycles. The Morgan fingerprint density at radius 3 is 2.73 bits per heavy atom. The maximum atomic E-state index is 12.6. The second-order valence-corrected chi connectivity index (χ2v) is 9.34. The first kappa shape index (κ1) is 19.4. The van der Waals surface area contributed by atoms with Crippen LogP contribution in [0.1, 0.15) is 31.3 Å². The van der Waals surface area contributed by atoms with Gasteiger partial charge in [0.2, 0.25) is 5.91 Å². The molecule has 0 aromatic carbocycles. The summed E-state index contributed by atoms with van der Waals surface area (Å²) in [4.78, 5) is 16.4. The quantitative estimate of drug-likeness (QED) is 0.658. The molecule has 0 spiro atoms. The Kier molecular flexibility index (Phi) is 6.04. The topological polar surface area (TPSA) is 80.1 Å². The van der Waals surface area contributed by atoms with Gasteiger partial charge in [-0.2, -0.15) is 0 Å². The molecular weight excluding hydrogens is 356 g/mol. The van der Waals surface area contributed by atoms with Crippen LogP contribution in [0, 0.1) is 6.92 Å². The molecule has 0 radical (unpaired) electrons. The lowest BCUT2D eigenvalue weighted by molar-refractivity contribution is -0.142. The lowest BCUT2D eigenvalue weighted by Crippen LogP contribution is -2.60. The van der Waals surface area contributed by atoms with Crippen molar-refractivity contribution in [2.24, 2.45) is 0 Å². The maximum absolute atomic E-state index is 12.6. The Morgan fingerprint density at radius 1 is 1.27 bits per heavy atom. The van der Waals surface area contributed by atoms with Crippen molar-refractivity contribution in [3.63, 3.8) is 0 Å². The molecule has 1 aromatic heterocycles. The van der Waals surface area contributed by atoms with Gasteiger partial charge in [-0.25, -0.2) is 8.42 Å². The monoisotopic (exact) mass is 384 g/mol. The van der Waals surface area contributed by atoms with Crippen LogP contribution in [0.15, 0.2) is 16.5 Å². The van der Waals surface area contributed by atoms with E-state index in [1.165, 1.54) is 0 Å². The molecule has 26 heavy (non-hydrogen) atoms. The summed E-state index contributed by atoms with van der Waals surface area (Å²) in [5.41, 5.74) is 0. The highest BCUT2D eigenvalue weighted by Gasteiger charge is 2.48. The minimum Gasteiger partial charge on any atom is -0.465 e. The number of furan rings is 1. The van der Waals surface area contributed by atoms with Crippen LogP contribution in [0.5, 0.6) is 0 Å². The molecule has 0 bridgehead atoms. The number of nitrogens with zero attached hydrogens (tertiary/aromatic N) is 2. The summed E-state index contributed by atoms with van der Waals surface area (Å²) in [6, 6.07) is 3.35. The normalized spacial score (nSPS) is 25.4. The fourth-order valence-electron chi connectivity index (χ4n) is 3.79. The third-order valence-corrected chi connectivity index (χ3v) is 6.83.